The SMILES string of the molecule is O=C(C[C@H](NCCNc1ccccc1[N+](=O)[O-])C(=O)O)Nc1cccc(Cl)c1Cl. The van der Waals surface area contributed by atoms with Crippen molar-refractivity contribution in [3.8, 4) is 0 Å². The molecule has 1 atom stereocenters. The zero-order valence-corrected chi connectivity index (χ0v) is 16.5. The number of carboxylic acid groups (broad SMARTS) is 1. The zero-order valence-electron chi connectivity index (χ0n) is 15.0. The van der Waals surface area contributed by atoms with E-state index in [4.69, 9.17) is 23.2 Å². The first kappa shape index (κ1) is 22.4. The van der Waals surface area contributed by atoms with Gasteiger partial charge in [0.15, 0.2) is 0 Å². The molecule has 0 fully saturated rings. The van der Waals surface area contributed by atoms with E-state index in [1.807, 2.05) is 0 Å². The average molecular weight is 441 g/mol. The van der Waals surface area contributed by atoms with Crippen molar-refractivity contribution in [2.45, 2.75) is 12.5 Å². The minimum absolute atomic E-state index is 0.0833. The topological polar surface area (TPSA) is 134 Å². The number of hydrogen-bond donors (Lipinski definition) is 4. The molecular formula is C18H18Cl2N4O5. The monoisotopic (exact) mass is 440 g/mol. The van der Waals surface area contributed by atoms with Crippen molar-refractivity contribution in [1.29, 1.82) is 0 Å². The van der Waals surface area contributed by atoms with Gasteiger partial charge in [-0.05, 0) is 18.2 Å². The molecule has 0 unspecified atom stereocenters. The van der Waals surface area contributed by atoms with Crippen molar-refractivity contribution in [3.05, 3.63) is 62.6 Å². The van der Waals surface area contributed by atoms with Crippen LogP contribution < -0.4 is 16.0 Å². The highest BCUT2D eigenvalue weighted by Gasteiger charge is 2.21. The Labute approximate surface area is 176 Å². The van der Waals surface area contributed by atoms with Crippen LogP contribution in [-0.2, 0) is 9.59 Å². The highest BCUT2D eigenvalue weighted by atomic mass is 35.5. The van der Waals surface area contributed by atoms with E-state index >= 15 is 0 Å². The largest absolute Gasteiger partial charge is 0.480 e. The first-order chi connectivity index (χ1) is 13.8. The Hall–Kier alpha value is -2.88. The number of nitrogens with zero attached hydrogens (tertiary/aromatic N) is 1. The van der Waals surface area contributed by atoms with Crippen molar-refractivity contribution in [1.82, 2.24) is 5.32 Å². The van der Waals surface area contributed by atoms with Crippen LogP contribution in [0.15, 0.2) is 42.5 Å². The second-order valence-corrected chi connectivity index (χ2v) is 6.68. The normalized spacial score (nSPS) is 11.5. The van der Waals surface area contributed by atoms with E-state index in [1.165, 1.54) is 6.07 Å². The third kappa shape index (κ3) is 6.60. The molecule has 9 nitrogen and oxygen atoms in total. The summed E-state index contributed by atoms with van der Waals surface area (Å²) in [4.78, 5) is 34.0. The lowest BCUT2D eigenvalue weighted by Crippen LogP contribution is -2.41. The summed E-state index contributed by atoms with van der Waals surface area (Å²) in [7, 11) is 0. The number of halogens is 2. The molecule has 0 spiro atoms. The predicted octanol–water partition coefficient (Wildman–Crippen LogP) is 3.39. The number of para-hydroxylation sites is 2. The summed E-state index contributed by atoms with van der Waals surface area (Å²) in [6.07, 6.45) is -0.344. The Balaban J connectivity index is 1.87. The molecule has 2 aromatic rings. The number of nitro groups is 1. The second kappa shape index (κ2) is 10.6. The van der Waals surface area contributed by atoms with Gasteiger partial charge in [-0.3, -0.25) is 19.7 Å². The number of carbonyl (C=O) groups is 2. The second-order valence-electron chi connectivity index (χ2n) is 5.90. The van der Waals surface area contributed by atoms with Crippen LogP contribution in [-0.4, -0.2) is 41.0 Å². The fraction of sp³-hybridized carbons (Fsp3) is 0.222. The number of benzene rings is 2. The van der Waals surface area contributed by atoms with Crippen molar-refractivity contribution in [3.63, 3.8) is 0 Å². The van der Waals surface area contributed by atoms with Gasteiger partial charge >= 0.3 is 5.97 Å². The molecule has 0 bridgehead atoms. The van der Waals surface area contributed by atoms with Crippen LogP contribution in [0.4, 0.5) is 17.1 Å². The van der Waals surface area contributed by atoms with Crippen LogP contribution in [0.25, 0.3) is 0 Å². The van der Waals surface area contributed by atoms with Crippen LogP contribution >= 0.6 is 23.2 Å². The minimum Gasteiger partial charge on any atom is -0.480 e. The van der Waals surface area contributed by atoms with Gasteiger partial charge in [-0.2, -0.15) is 0 Å². The summed E-state index contributed by atoms with van der Waals surface area (Å²) in [5.74, 6) is -1.76. The van der Waals surface area contributed by atoms with E-state index in [0.29, 0.717) is 5.69 Å². The van der Waals surface area contributed by atoms with Gasteiger partial charge in [0.25, 0.3) is 5.69 Å². The van der Waals surface area contributed by atoms with Crippen molar-refractivity contribution in [2.24, 2.45) is 0 Å². The molecule has 29 heavy (non-hydrogen) atoms. The smallest absolute Gasteiger partial charge is 0.321 e. The van der Waals surface area contributed by atoms with E-state index < -0.39 is 22.8 Å². The maximum Gasteiger partial charge on any atom is 0.321 e. The zero-order chi connectivity index (χ0) is 21.4. The molecule has 0 aromatic heterocycles. The number of rotatable bonds is 10. The Morgan fingerprint density at radius 3 is 2.45 bits per heavy atom. The van der Waals surface area contributed by atoms with Gasteiger partial charge in [0.05, 0.1) is 27.1 Å². The van der Waals surface area contributed by atoms with Gasteiger partial charge in [-0.25, -0.2) is 0 Å². The molecule has 11 heteroatoms. The molecule has 154 valence electrons. The Bertz CT molecular complexity index is 910. The third-order valence-corrected chi connectivity index (χ3v) is 4.66. The first-order valence-corrected chi connectivity index (χ1v) is 9.22. The molecule has 2 aromatic carbocycles. The number of amides is 1. The summed E-state index contributed by atoms with van der Waals surface area (Å²) in [5.41, 5.74) is 0.519. The molecular weight excluding hydrogens is 423 g/mol. The van der Waals surface area contributed by atoms with Crippen molar-refractivity contribution >= 4 is 52.1 Å². The molecule has 0 radical (unpaired) electrons. The number of nitrogens with one attached hydrogen (secondary N) is 3. The highest BCUT2D eigenvalue weighted by molar-refractivity contribution is 6.44. The molecule has 1 amide bonds. The summed E-state index contributed by atoms with van der Waals surface area (Å²) in [5, 5.41) is 28.8. The van der Waals surface area contributed by atoms with Crippen LogP contribution in [0.1, 0.15) is 6.42 Å². The lowest BCUT2D eigenvalue weighted by Gasteiger charge is -2.15. The summed E-state index contributed by atoms with van der Waals surface area (Å²) in [6, 6.07) is 9.67. The number of aliphatic carboxylic acids is 1. The fourth-order valence-corrected chi connectivity index (χ4v) is 2.81. The van der Waals surface area contributed by atoms with Gasteiger partial charge < -0.3 is 21.1 Å². The quantitative estimate of drug-likeness (QED) is 0.252. The van der Waals surface area contributed by atoms with Gasteiger partial charge in [0, 0.05) is 19.2 Å². The fourth-order valence-electron chi connectivity index (χ4n) is 2.46. The predicted molar refractivity (Wildman–Crippen MR) is 111 cm³/mol. The maximum atomic E-state index is 12.2. The van der Waals surface area contributed by atoms with Gasteiger partial charge in [-0.15, -0.1) is 0 Å². The molecule has 0 aliphatic heterocycles. The number of carbonyl (C=O) groups excluding carboxylic acids is 1. The van der Waals surface area contributed by atoms with Gasteiger partial charge in [-0.1, -0.05) is 41.4 Å². The van der Waals surface area contributed by atoms with Crippen molar-refractivity contribution in [2.75, 3.05) is 23.7 Å². The first-order valence-electron chi connectivity index (χ1n) is 8.47. The molecule has 0 saturated heterocycles. The summed E-state index contributed by atoms with van der Waals surface area (Å²) in [6.45, 7) is 0.380. The number of nitro benzene ring substituents is 1. The molecule has 0 aliphatic carbocycles. The lowest BCUT2D eigenvalue weighted by molar-refractivity contribution is -0.384. The Morgan fingerprint density at radius 1 is 1.07 bits per heavy atom. The number of carboxylic acids is 1. The van der Waals surface area contributed by atoms with E-state index in [9.17, 15) is 24.8 Å². The minimum atomic E-state index is -1.21. The van der Waals surface area contributed by atoms with Gasteiger partial charge in [0.2, 0.25) is 5.91 Å². The van der Waals surface area contributed by atoms with E-state index in [2.05, 4.69) is 16.0 Å². The molecule has 0 heterocycles. The number of anilines is 2. The third-order valence-electron chi connectivity index (χ3n) is 3.85. The average Bonchev–Trinajstić information content (AvgIpc) is 2.67. The van der Waals surface area contributed by atoms with E-state index in [0.717, 1.165) is 0 Å². The van der Waals surface area contributed by atoms with Crippen LogP contribution in [0, 0.1) is 10.1 Å². The van der Waals surface area contributed by atoms with E-state index in [1.54, 1.807) is 36.4 Å². The molecule has 4 N–H and O–H groups in total. The van der Waals surface area contributed by atoms with Crippen LogP contribution in [0.3, 0.4) is 0 Å². The standard InChI is InChI=1S/C18H18Cl2N4O5/c19-11-4-3-6-13(17(11)20)23-16(25)10-14(18(26)27)22-9-8-21-12-5-1-2-7-15(12)24(28)29/h1-7,14,21-22H,8-10H2,(H,23,25)(H,26,27)/t14-/m0/s1. The van der Waals surface area contributed by atoms with Crippen LogP contribution in [0.2, 0.25) is 10.0 Å². The lowest BCUT2D eigenvalue weighted by atomic mass is 10.2. The van der Waals surface area contributed by atoms with E-state index in [-0.39, 0.29) is 40.9 Å². The number of hydrogen-bond acceptors (Lipinski definition) is 6. The molecule has 0 saturated carbocycles. The van der Waals surface area contributed by atoms with Gasteiger partial charge in [0.1, 0.15) is 11.7 Å². The Morgan fingerprint density at radius 2 is 1.76 bits per heavy atom. The molecule has 2 rings (SSSR count). The highest BCUT2D eigenvalue weighted by Crippen LogP contribution is 2.29. The maximum absolute atomic E-state index is 12.2. The summed E-state index contributed by atoms with van der Waals surface area (Å²) >= 11 is 11.9. The van der Waals surface area contributed by atoms with Crippen molar-refractivity contribution < 1.29 is 19.6 Å². The summed E-state index contributed by atoms with van der Waals surface area (Å²) < 4.78 is 0. The van der Waals surface area contributed by atoms with Crippen LogP contribution in [0.5, 0.6) is 0 Å². The molecule has 0 aliphatic rings. The Kier molecular flexibility index (Phi) is 8.20.